The second-order valence-corrected chi connectivity index (χ2v) is 10.7. The lowest BCUT2D eigenvalue weighted by atomic mass is 9.79. The topological polar surface area (TPSA) is 73.2 Å². The molecule has 0 radical (unpaired) electrons. The van der Waals surface area contributed by atoms with Crippen molar-refractivity contribution in [1.29, 1.82) is 0 Å². The number of amidine groups is 1. The van der Waals surface area contributed by atoms with Gasteiger partial charge in [-0.25, -0.2) is 8.42 Å². The molecule has 0 spiro atoms. The molecule has 1 N–H and O–H groups in total. The van der Waals surface area contributed by atoms with E-state index in [4.69, 9.17) is 4.99 Å². The lowest BCUT2D eigenvalue weighted by molar-refractivity contribution is 0.242. The van der Waals surface area contributed by atoms with E-state index in [-0.39, 0.29) is 35.9 Å². The van der Waals surface area contributed by atoms with E-state index in [2.05, 4.69) is 48.5 Å². The third-order valence-electron chi connectivity index (χ3n) is 4.47. The largest absolute Gasteiger partial charge is 0.395 e. The number of hydrogen-bond donors (Lipinski definition) is 1. The average molecular weight is 358 g/mol. The Balaban J connectivity index is 2.62. The van der Waals surface area contributed by atoms with Gasteiger partial charge >= 0.3 is 0 Å². The first kappa shape index (κ1) is 19.4. The molecule has 0 unspecified atom stereocenters. The van der Waals surface area contributed by atoms with Crippen molar-refractivity contribution in [3.63, 3.8) is 0 Å². The molecule has 2 rings (SSSR count). The van der Waals surface area contributed by atoms with E-state index in [0.717, 1.165) is 11.5 Å². The zero-order valence-electron chi connectivity index (χ0n) is 15.9. The van der Waals surface area contributed by atoms with Gasteiger partial charge < -0.3 is 10.0 Å². The van der Waals surface area contributed by atoms with Crippen LogP contribution in [0.2, 0.25) is 0 Å². The van der Waals surface area contributed by atoms with E-state index >= 15 is 0 Å². The van der Waals surface area contributed by atoms with Gasteiger partial charge in [-0.15, -0.1) is 0 Å². The van der Waals surface area contributed by atoms with Crippen molar-refractivity contribution in [2.24, 2.45) is 15.8 Å². The maximum Gasteiger partial charge on any atom is 0.233 e. The van der Waals surface area contributed by atoms with Gasteiger partial charge in [-0.2, -0.15) is 4.31 Å². The minimum atomic E-state index is -3.45. The minimum Gasteiger partial charge on any atom is -0.395 e. The van der Waals surface area contributed by atoms with Gasteiger partial charge in [0, 0.05) is 17.7 Å². The van der Waals surface area contributed by atoms with Crippen molar-refractivity contribution in [3.8, 4) is 0 Å². The number of nitrogens with zero attached hydrogens (tertiary/aromatic N) is 3. The molecule has 6 nitrogen and oxygen atoms in total. The number of β-amino-alcohol motifs (C(OH)–C–C–N with tert-alkyl or cyclic N) is 1. The van der Waals surface area contributed by atoms with Crippen molar-refractivity contribution in [2.75, 3.05) is 25.6 Å². The van der Waals surface area contributed by atoms with Gasteiger partial charge in [-0.1, -0.05) is 41.5 Å². The highest BCUT2D eigenvalue weighted by atomic mass is 32.2. The van der Waals surface area contributed by atoms with Crippen LogP contribution in [0.1, 0.15) is 48.5 Å². The van der Waals surface area contributed by atoms with Gasteiger partial charge in [-0.05, 0) is 17.9 Å². The van der Waals surface area contributed by atoms with E-state index in [0.29, 0.717) is 6.54 Å². The monoisotopic (exact) mass is 357 g/mol. The maximum absolute atomic E-state index is 12.6. The number of aliphatic imine (C=N–C) groups is 1. The molecule has 24 heavy (non-hydrogen) atoms. The first-order valence-electron chi connectivity index (χ1n) is 8.47. The number of fused-ring (bicyclic) bond motifs is 1. The van der Waals surface area contributed by atoms with Crippen LogP contribution in [0.15, 0.2) is 16.3 Å². The summed E-state index contributed by atoms with van der Waals surface area (Å²) in [6.45, 7) is 14.9. The Kier molecular flexibility index (Phi) is 4.94. The highest BCUT2D eigenvalue weighted by Gasteiger charge is 2.44. The summed E-state index contributed by atoms with van der Waals surface area (Å²) in [4.78, 5) is 6.77. The smallest absolute Gasteiger partial charge is 0.233 e. The summed E-state index contributed by atoms with van der Waals surface area (Å²) in [6.07, 6.45) is 0. The zero-order valence-corrected chi connectivity index (χ0v) is 16.7. The fraction of sp³-hybridized carbons (Fsp3) is 0.824. The molecule has 2 heterocycles. The lowest BCUT2D eigenvalue weighted by Crippen LogP contribution is -2.56. The molecular formula is C17H31N3O3S. The van der Waals surface area contributed by atoms with E-state index in [1.54, 1.807) is 0 Å². The molecule has 0 aromatic rings. The predicted octanol–water partition coefficient (Wildman–Crippen LogP) is 2.03. The SMILES string of the molecule is C[C@@H]1N=C(C(C)(C)C)N2CS(=O)(=O)N(CCO)CC2=C1C(C)(C)C. The van der Waals surface area contributed by atoms with Crippen LogP contribution in [0.4, 0.5) is 0 Å². The molecule has 138 valence electrons. The molecule has 1 atom stereocenters. The second-order valence-electron chi connectivity index (χ2n) is 8.72. The molecule has 2 aliphatic heterocycles. The summed E-state index contributed by atoms with van der Waals surface area (Å²) in [5, 5.41) is 9.25. The van der Waals surface area contributed by atoms with Crippen LogP contribution in [0.5, 0.6) is 0 Å². The van der Waals surface area contributed by atoms with Gasteiger partial charge in [0.15, 0.2) is 0 Å². The summed E-state index contributed by atoms with van der Waals surface area (Å²) in [5.74, 6) is 0.718. The van der Waals surface area contributed by atoms with Crippen molar-refractivity contribution in [3.05, 3.63) is 11.3 Å². The van der Waals surface area contributed by atoms with Crippen LogP contribution in [-0.2, 0) is 10.0 Å². The van der Waals surface area contributed by atoms with Gasteiger partial charge in [0.2, 0.25) is 10.0 Å². The minimum absolute atomic E-state index is 0.0160. The third-order valence-corrected chi connectivity index (χ3v) is 6.15. The standard InChI is InChI=1S/C17H31N3O3S/c1-12-14(16(2,3)4)13-10-19(8-9-21)24(22,23)11-20(13)15(18-12)17(5,6)7/h12,21H,8-11H2,1-7H3/t12-/m0/s1. The Morgan fingerprint density at radius 3 is 2.21 bits per heavy atom. The Hall–Kier alpha value is -0.920. The van der Waals surface area contributed by atoms with Crippen molar-refractivity contribution in [1.82, 2.24) is 9.21 Å². The lowest BCUT2D eigenvalue weighted by Gasteiger charge is -2.47. The van der Waals surface area contributed by atoms with Crippen LogP contribution in [-0.4, -0.2) is 60.2 Å². The fourth-order valence-electron chi connectivity index (χ4n) is 3.64. The molecular weight excluding hydrogens is 326 g/mol. The molecule has 0 saturated carbocycles. The van der Waals surface area contributed by atoms with E-state index in [9.17, 15) is 13.5 Å². The van der Waals surface area contributed by atoms with E-state index in [1.165, 1.54) is 9.88 Å². The quantitative estimate of drug-likeness (QED) is 0.821. The fourth-order valence-corrected chi connectivity index (χ4v) is 5.09. The van der Waals surface area contributed by atoms with Crippen LogP contribution < -0.4 is 0 Å². The van der Waals surface area contributed by atoms with Gasteiger partial charge in [-0.3, -0.25) is 4.99 Å². The summed E-state index contributed by atoms with van der Waals surface area (Å²) in [7, 11) is -3.45. The molecule has 7 heteroatoms. The predicted molar refractivity (Wildman–Crippen MR) is 97.1 cm³/mol. The average Bonchev–Trinajstić information content (AvgIpc) is 2.36. The second kappa shape index (κ2) is 6.11. The normalized spacial score (nSPS) is 25.6. The van der Waals surface area contributed by atoms with Crippen LogP contribution in [0, 0.1) is 10.8 Å². The Morgan fingerprint density at radius 1 is 1.17 bits per heavy atom. The molecule has 1 fully saturated rings. The van der Waals surface area contributed by atoms with Gasteiger partial charge in [0.25, 0.3) is 0 Å². The first-order chi connectivity index (χ1) is 10.8. The highest BCUT2D eigenvalue weighted by Crippen LogP contribution is 2.41. The number of aliphatic hydroxyl groups excluding tert-OH is 1. The number of sulfonamides is 1. The van der Waals surface area contributed by atoms with Crippen molar-refractivity contribution in [2.45, 2.75) is 54.5 Å². The van der Waals surface area contributed by atoms with E-state index < -0.39 is 10.0 Å². The van der Waals surface area contributed by atoms with E-state index in [1.807, 2.05) is 4.90 Å². The number of hydrogen-bond acceptors (Lipinski definition) is 5. The molecule has 0 amide bonds. The van der Waals surface area contributed by atoms with Gasteiger partial charge in [0.05, 0.1) is 19.2 Å². The molecule has 2 aliphatic rings. The number of rotatable bonds is 2. The first-order valence-corrected chi connectivity index (χ1v) is 10.1. The molecule has 0 aromatic heterocycles. The number of aliphatic hydroxyl groups is 1. The Bertz CT molecular complexity index is 666. The molecule has 0 bridgehead atoms. The molecule has 1 saturated heterocycles. The van der Waals surface area contributed by atoms with Crippen molar-refractivity contribution >= 4 is 15.9 Å². The van der Waals surface area contributed by atoms with Crippen molar-refractivity contribution < 1.29 is 13.5 Å². The van der Waals surface area contributed by atoms with Crippen LogP contribution in [0.3, 0.4) is 0 Å². The maximum atomic E-state index is 12.6. The van der Waals surface area contributed by atoms with Crippen LogP contribution in [0.25, 0.3) is 0 Å². The van der Waals surface area contributed by atoms with Gasteiger partial charge in [0.1, 0.15) is 11.7 Å². The summed E-state index contributed by atoms with van der Waals surface area (Å²) < 4.78 is 26.7. The Labute approximate surface area is 146 Å². The van der Waals surface area contributed by atoms with Crippen LogP contribution >= 0.6 is 0 Å². The highest BCUT2D eigenvalue weighted by molar-refractivity contribution is 7.89. The summed E-state index contributed by atoms with van der Waals surface area (Å²) in [5.41, 5.74) is 1.86. The summed E-state index contributed by atoms with van der Waals surface area (Å²) in [6, 6.07) is 0.0160. The molecule has 0 aromatic carbocycles. The third kappa shape index (κ3) is 3.53. The Morgan fingerprint density at radius 2 is 1.75 bits per heavy atom. The zero-order chi connectivity index (χ0) is 18.5. The summed E-state index contributed by atoms with van der Waals surface area (Å²) >= 11 is 0. The molecule has 0 aliphatic carbocycles.